The molecule has 3 aromatic carbocycles. The number of carbonyl (C=O) groups is 1. The van der Waals surface area contributed by atoms with Crippen molar-refractivity contribution >= 4 is 16.7 Å². The molecule has 1 amide bonds. The highest BCUT2D eigenvalue weighted by atomic mass is 16.5. The zero-order valence-electron chi connectivity index (χ0n) is 20.3. The van der Waals surface area contributed by atoms with Gasteiger partial charge < -0.3 is 35.1 Å². The third kappa shape index (κ3) is 8.13. The minimum absolute atomic E-state index is 0.0364. The molecule has 0 spiro atoms. The van der Waals surface area contributed by atoms with Crippen molar-refractivity contribution in [3.63, 3.8) is 0 Å². The minimum atomic E-state index is -0.261. The number of aromatic hydroxyl groups is 2. The molecule has 0 aromatic heterocycles. The molecular weight excluding hydrogens is 448 g/mol. The summed E-state index contributed by atoms with van der Waals surface area (Å²) in [5, 5.41) is 27.0. The van der Waals surface area contributed by atoms with Gasteiger partial charge >= 0.3 is 0 Å². The summed E-state index contributed by atoms with van der Waals surface area (Å²) in [6.45, 7) is 5.42. The van der Waals surface area contributed by atoms with E-state index in [0.29, 0.717) is 46.1 Å². The van der Waals surface area contributed by atoms with Crippen LogP contribution in [0, 0.1) is 0 Å². The molecule has 0 aliphatic heterocycles. The molecule has 8 heteroatoms. The van der Waals surface area contributed by atoms with Crippen LogP contribution in [-0.4, -0.2) is 62.7 Å². The number of hydrogen-bond acceptors (Lipinski definition) is 7. The van der Waals surface area contributed by atoms with Crippen molar-refractivity contribution in [2.24, 2.45) is 0 Å². The topological polar surface area (TPSA) is 109 Å². The molecule has 35 heavy (non-hydrogen) atoms. The molecule has 8 nitrogen and oxygen atoms in total. The van der Waals surface area contributed by atoms with E-state index in [9.17, 15) is 15.0 Å². The molecule has 3 aromatic rings. The van der Waals surface area contributed by atoms with E-state index < -0.39 is 0 Å². The third-order valence-corrected chi connectivity index (χ3v) is 5.67. The largest absolute Gasteiger partial charge is 0.504 e. The predicted octanol–water partition coefficient (Wildman–Crippen LogP) is 3.30. The van der Waals surface area contributed by atoms with Gasteiger partial charge in [-0.15, -0.1) is 0 Å². The van der Waals surface area contributed by atoms with Crippen molar-refractivity contribution in [2.75, 3.05) is 46.6 Å². The van der Waals surface area contributed by atoms with E-state index >= 15 is 0 Å². The monoisotopic (exact) mass is 482 g/mol. The van der Waals surface area contributed by atoms with E-state index in [1.54, 1.807) is 13.2 Å². The summed E-state index contributed by atoms with van der Waals surface area (Å²) in [7, 11) is 1.65. The van der Waals surface area contributed by atoms with Crippen LogP contribution in [0.15, 0.2) is 54.6 Å². The SMILES string of the molecule is COc1ccc2cc(C(C)C(=O)NCCOCCOCCNCc3ccc(O)c(O)c3)ccc2c1. The third-order valence-electron chi connectivity index (χ3n) is 5.67. The number of benzene rings is 3. The predicted molar refractivity (Wildman–Crippen MR) is 135 cm³/mol. The molecule has 1 atom stereocenters. The Morgan fingerprint density at radius 1 is 0.857 bits per heavy atom. The second kappa shape index (κ2) is 13.5. The van der Waals surface area contributed by atoms with Crippen LogP contribution in [0.3, 0.4) is 0 Å². The fraction of sp³-hybridized carbons (Fsp3) is 0.370. The van der Waals surface area contributed by atoms with Gasteiger partial charge in [0, 0.05) is 19.6 Å². The molecule has 1 unspecified atom stereocenters. The Hall–Kier alpha value is -3.33. The Kier molecular flexibility index (Phi) is 10.2. The van der Waals surface area contributed by atoms with Crippen LogP contribution in [0.2, 0.25) is 0 Å². The molecule has 0 aliphatic carbocycles. The Bertz CT molecular complexity index is 1100. The van der Waals surface area contributed by atoms with Crippen LogP contribution in [0.5, 0.6) is 17.2 Å². The molecule has 0 heterocycles. The quantitative estimate of drug-likeness (QED) is 0.206. The molecule has 188 valence electrons. The van der Waals surface area contributed by atoms with E-state index in [4.69, 9.17) is 14.2 Å². The van der Waals surface area contributed by atoms with Gasteiger partial charge in [0.15, 0.2) is 11.5 Å². The summed E-state index contributed by atoms with van der Waals surface area (Å²) < 4.78 is 16.3. The van der Waals surface area contributed by atoms with Gasteiger partial charge in [0.2, 0.25) is 5.91 Å². The number of ether oxygens (including phenoxy) is 3. The van der Waals surface area contributed by atoms with Crippen molar-refractivity contribution in [1.29, 1.82) is 0 Å². The molecule has 3 rings (SSSR count). The van der Waals surface area contributed by atoms with Crippen molar-refractivity contribution in [1.82, 2.24) is 10.6 Å². The van der Waals surface area contributed by atoms with Crippen molar-refractivity contribution < 1.29 is 29.2 Å². The normalized spacial score (nSPS) is 11.9. The molecule has 0 aliphatic rings. The number of rotatable bonds is 14. The number of hydrogen-bond donors (Lipinski definition) is 4. The average Bonchev–Trinajstić information content (AvgIpc) is 2.88. The lowest BCUT2D eigenvalue weighted by Gasteiger charge is -2.14. The van der Waals surface area contributed by atoms with Gasteiger partial charge in [-0.3, -0.25) is 4.79 Å². The van der Waals surface area contributed by atoms with Crippen molar-refractivity contribution in [2.45, 2.75) is 19.4 Å². The maximum absolute atomic E-state index is 12.5. The summed E-state index contributed by atoms with van der Waals surface area (Å²) in [6.07, 6.45) is 0. The first-order valence-corrected chi connectivity index (χ1v) is 11.7. The van der Waals surface area contributed by atoms with Crippen molar-refractivity contribution in [3.05, 3.63) is 65.7 Å². The maximum Gasteiger partial charge on any atom is 0.227 e. The van der Waals surface area contributed by atoms with E-state index in [1.807, 2.05) is 43.3 Å². The van der Waals surface area contributed by atoms with E-state index in [-0.39, 0.29) is 23.3 Å². The highest BCUT2D eigenvalue weighted by Crippen LogP contribution is 2.26. The fourth-order valence-corrected chi connectivity index (χ4v) is 3.57. The van der Waals surface area contributed by atoms with Crippen molar-refractivity contribution in [3.8, 4) is 17.2 Å². The van der Waals surface area contributed by atoms with Gasteiger partial charge in [0.1, 0.15) is 5.75 Å². The number of methoxy groups -OCH3 is 1. The van der Waals surface area contributed by atoms with Gasteiger partial charge in [-0.05, 0) is 53.1 Å². The molecule has 0 bridgehead atoms. The first-order valence-electron chi connectivity index (χ1n) is 11.7. The second-order valence-electron chi connectivity index (χ2n) is 8.21. The standard InChI is InChI=1S/C27H34N2O6/c1-19(21-4-5-23-17-24(33-2)7-6-22(23)16-21)27(32)29-10-12-35-14-13-34-11-9-28-18-20-3-8-25(30)26(31)15-20/h3-8,15-17,19,28,30-31H,9-14,18H2,1-2H3,(H,29,32). The molecular formula is C27H34N2O6. The molecule has 4 N–H and O–H groups in total. The maximum atomic E-state index is 12.5. The molecule has 0 fully saturated rings. The Balaban J connectivity index is 1.23. The van der Waals surface area contributed by atoms with Gasteiger partial charge in [-0.25, -0.2) is 0 Å². The summed E-state index contributed by atoms with van der Waals surface area (Å²) in [6, 6.07) is 16.6. The summed E-state index contributed by atoms with van der Waals surface area (Å²) >= 11 is 0. The van der Waals surface area contributed by atoms with Crippen LogP contribution in [0.4, 0.5) is 0 Å². The second-order valence-corrected chi connectivity index (χ2v) is 8.21. The Morgan fingerprint density at radius 3 is 2.31 bits per heavy atom. The number of phenols is 2. The van der Waals surface area contributed by atoms with Gasteiger partial charge in [0.25, 0.3) is 0 Å². The number of fused-ring (bicyclic) bond motifs is 1. The zero-order valence-corrected chi connectivity index (χ0v) is 20.3. The highest BCUT2D eigenvalue weighted by Gasteiger charge is 2.15. The zero-order chi connectivity index (χ0) is 25.0. The Labute approximate surface area is 205 Å². The van der Waals surface area contributed by atoms with E-state index in [1.165, 1.54) is 12.1 Å². The van der Waals surface area contributed by atoms with Crippen LogP contribution >= 0.6 is 0 Å². The summed E-state index contributed by atoms with van der Waals surface area (Å²) in [5.41, 5.74) is 1.84. The number of nitrogens with one attached hydrogen (secondary N) is 2. The smallest absolute Gasteiger partial charge is 0.227 e. The average molecular weight is 483 g/mol. The van der Waals surface area contributed by atoms with E-state index in [0.717, 1.165) is 27.6 Å². The van der Waals surface area contributed by atoms with Gasteiger partial charge in [-0.2, -0.15) is 0 Å². The molecule has 0 saturated carbocycles. The lowest BCUT2D eigenvalue weighted by molar-refractivity contribution is -0.122. The van der Waals surface area contributed by atoms with E-state index in [2.05, 4.69) is 10.6 Å². The highest BCUT2D eigenvalue weighted by molar-refractivity contribution is 5.88. The number of carbonyl (C=O) groups excluding carboxylic acids is 1. The first-order chi connectivity index (χ1) is 17.0. The minimum Gasteiger partial charge on any atom is -0.504 e. The van der Waals surface area contributed by atoms with Crippen LogP contribution in [0.1, 0.15) is 24.0 Å². The lowest BCUT2D eigenvalue weighted by Crippen LogP contribution is -2.31. The Morgan fingerprint density at radius 2 is 1.57 bits per heavy atom. The van der Waals surface area contributed by atoms with Crippen LogP contribution in [-0.2, 0) is 20.8 Å². The van der Waals surface area contributed by atoms with Gasteiger partial charge in [-0.1, -0.05) is 30.3 Å². The first kappa shape index (κ1) is 26.3. The molecule has 0 saturated heterocycles. The molecule has 0 radical (unpaired) electrons. The number of amides is 1. The summed E-state index contributed by atoms with van der Waals surface area (Å²) in [5.74, 6) is 0.260. The van der Waals surface area contributed by atoms with Crippen LogP contribution in [0.25, 0.3) is 10.8 Å². The summed E-state index contributed by atoms with van der Waals surface area (Å²) in [4.78, 5) is 12.5. The fourth-order valence-electron chi connectivity index (χ4n) is 3.57. The van der Waals surface area contributed by atoms with Gasteiger partial charge in [0.05, 0.1) is 39.5 Å². The lowest BCUT2D eigenvalue weighted by atomic mass is 9.97. The number of phenolic OH excluding ortho intramolecular Hbond substituents is 2. The van der Waals surface area contributed by atoms with Crippen LogP contribution < -0.4 is 15.4 Å².